The predicted molar refractivity (Wildman–Crippen MR) is 104 cm³/mol. The van der Waals surface area contributed by atoms with Gasteiger partial charge < -0.3 is 9.84 Å². The van der Waals surface area contributed by atoms with E-state index in [4.69, 9.17) is 34.8 Å². The van der Waals surface area contributed by atoms with Crippen LogP contribution in [0.25, 0.3) is 0 Å². The van der Waals surface area contributed by atoms with Gasteiger partial charge in [-0.1, -0.05) is 46.9 Å². The summed E-state index contributed by atoms with van der Waals surface area (Å²) in [5.41, 5.74) is 0.817. The van der Waals surface area contributed by atoms with Crippen molar-refractivity contribution in [1.82, 2.24) is 4.31 Å². The topological polar surface area (TPSA) is 83.9 Å². The average molecular weight is 453 g/mol. The molecule has 0 atom stereocenters. The van der Waals surface area contributed by atoms with Crippen molar-refractivity contribution in [2.75, 3.05) is 20.2 Å². The van der Waals surface area contributed by atoms with Crippen molar-refractivity contribution in [3.05, 3.63) is 57.0 Å². The number of esters is 1. The first-order valence-electron chi connectivity index (χ1n) is 7.64. The summed E-state index contributed by atoms with van der Waals surface area (Å²) >= 11 is 17.5. The van der Waals surface area contributed by atoms with Crippen molar-refractivity contribution in [2.45, 2.75) is 11.3 Å². The van der Waals surface area contributed by atoms with E-state index in [0.29, 0.717) is 11.4 Å². The Morgan fingerprint density at radius 2 is 1.74 bits per heavy atom. The van der Waals surface area contributed by atoms with E-state index in [0.717, 1.165) is 23.0 Å². The van der Waals surface area contributed by atoms with Gasteiger partial charge in [0.05, 0.1) is 12.1 Å². The number of carbonyl (C=O) groups is 1. The number of aromatic hydroxyl groups is 1. The number of hydrogen-bond acceptors (Lipinski definition) is 5. The highest BCUT2D eigenvalue weighted by molar-refractivity contribution is 7.89. The van der Waals surface area contributed by atoms with Crippen molar-refractivity contribution in [2.24, 2.45) is 0 Å². The highest BCUT2D eigenvalue weighted by Crippen LogP contribution is 2.35. The van der Waals surface area contributed by atoms with Crippen molar-refractivity contribution < 1.29 is 23.1 Å². The number of sulfonamides is 1. The number of benzene rings is 2. The monoisotopic (exact) mass is 451 g/mol. The van der Waals surface area contributed by atoms with Gasteiger partial charge in [0.2, 0.25) is 10.0 Å². The number of rotatable bonds is 7. The molecule has 0 fully saturated rings. The zero-order valence-corrected chi connectivity index (χ0v) is 17.2. The van der Waals surface area contributed by atoms with Crippen molar-refractivity contribution >= 4 is 50.8 Å². The summed E-state index contributed by atoms with van der Waals surface area (Å²) in [5, 5.41) is 10.5. The number of ether oxygens (including phenoxy) is 1. The summed E-state index contributed by atoms with van der Waals surface area (Å²) in [5.74, 6) is -1.38. The zero-order valence-electron chi connectivity index (χ0n) is 14.2. The first-order valence-corrected chi connectivity index (χ1v) is 10.2. The van der Waals surface area contributed by atoms with Crippen molar-refractivity contribution in [1.29, 1.82) is 0 Å². The molecular formula is C17H16Cl3NO5S. The summed E-state index contributed by atoms with van der Waals surface area (Å²) in [6, 6.07) is 9.15. The van der Waals surface area contributed by atoms with Crippen molar-refractivity contribution in [3.8, 4) is 5.75 Å². The molecule has 2 aromatic rings. The van der Waals surface area contributed by atoms with E-state index >= 15 is 0 Å². The summed E-state index contributed by atoms with van der Waals surface area (Å²) in [6.45, 7) is -0.571. The molecular weight excluding hydrogens is 437 g/mol. The van der Waals surface area contributed by atoms with Crippen LogP contribution in [0.5, 0.6) is 5.75 Å². The second kappa shape index (κ2) is 9.12. The fraction of sp³-hybridized carbons (Fsp3) is 0.235. The van der Waals surface area contributed by atoms with Crippen LogP contribution in [-0.2, 0) is 26.0 Å². The number of hydrogen-bond donors (Lipinski definition) is 1. The van der Waals surface area contributed by atoms with E-state index in [9.17, 15) is 18.3 Å². The van der Waals surface area contributed by atoms with Gasteiger partial charge in [0.1, 0.15) is 11.4 Å². The van der Waals surface area contributed by atoms with Crippen LogP contribution < -0.4 is 0 Å². The third-order valence-corrected chi connectivity index (χ3v) is 6.32. The van der Waals surface area contributed by atoms with Gasteiger partial charge >= 0.3 is 5.97 Å². The molecule has 0 aliphatic rings. The molecule has 146 valence electrons. The number of carbonyl (C=O) groups excluding carboxylic acids is 1. The molecule has 0 aliphatic carbocycles. The van der Waals surface area contributed by atoms with Gasteiger partial charge in [-0.15, -0.1) is 0 Å². The smallest absolute Gasteiger partial charge is 0.321 e. The second-order valence-electron chi connectivity index (χ2n) is 5.53. The molecule has 0 radical (unpaired) electrons. The van der Waals surface area contributed by atoms with Crippen molar-refractivity contribution in [3.63, 3.8) is 0 Å². The number of phenolic OH excluding ortho intramolecular Hbond substituents is 1. The van der Waals surface area contributed by atoms with Gasteiger partial charge in [-0.25, -0.2) is 8.42 Å². The van der Waals surface area contributed by atoms with E-state index < -0.39 is 33.2 Å². The van der Waals surface area contributed by atoms with E-state index in [1.54, 1.807) is 24.3 Å². The van der Waals surface area contributed by atoms with Crippen LogP contribution in [0.15, 0.2) is 41.3 Å². The highest BCUT2D eigenvalue weighted by atomic mass is 35.5. The molecule has 0 spiro atoms. The molecule has 0 saturated heterocycles. The van der Waals surface area contributed by atoms with E-state index in [-0.39, 0.29) is 16.6 Å². The van der Waals surface area contributed by atoms with Crippen LogP contribution in [0, 0.1) is 0 Å². The lowest BCUT2D eigenvalue weighted by molar-refractivity contribution is -0.140. The molecule has 2 rings (SSSR count). The van der Waals surface area contributed by atoms with E-state index in [1.807, 2.05) is 0 Å². The van der Waals surface area contributed by atoms with Crippen LogP contribution in [0.2, 0.25) is 15.1 Å². The van der Waals surface area contributed by atoms with Crippen LogP contribution in [0.1, 0.15) is 5.56 Å². The first-order chi connectivity index (χ1) is 12.6. The first kappa shape index (κ1) is 21.8. The quantitative estimate of drug-likeness (QED) is 0.647. The molecule has 0 bridgehead atoms. The minimum absolute atomic E-state index is 0.0343. The summed E-state index contributed by atoms with van der Waals surface area (Å²) in [7, 11) is -3.12. The maximum Gasteiger partial charge on any atom is 0.321 e. The lowest BCUT2D eigenvalue weighted by Crippen LogP contribution is -2.37. The maximum atomic E-state index is 13.0. The molecule has 0 amide bonds. The Labute approximate surface area is 172 Å². The van der Waals surface area contributed by atoms with Gasteiger partial charge in [-0.2, -0.15) is 4.31 Å². The third kappa shape index (κ3) is 5.49. The minimum atomic E-state index is -4.27. The fourth-order valence-corrected chi connectivity index (χ4v) is 4.53. The van der Waals surface area contributed by atoms with Gasteiger partial charge in [-0.3, -0.25) is 4.79 Å². The fourth-order valence-electron chi connectivity index (χ4n) is 2.28. The summed E-state index contributed by atoms with van der Waals surface area (Å²) in [4.78, 5) is 11.2. The average Bonchev–Trinajstić information content (AvgIpc) is 2.62. The van der Waals surface area contributed by atoms with Gasteiger partial charge in [0.25, 0.3) is 0 Å². The van der Waals surface area contributed by atoms with Crippen LogP contribution in [0.4, 0.5) is 0 Å². The Hall–Kier alpha value is -1.51. The van der Waals surface area contributed by atoms with Gasteiger partial charge in [0, 0.05) is 16.6 Å². The minimum Gasteiger partial charge on any atom is -0.505 e. The Morgan fingerprint density at radius 1 is 1.11 bits per heavy atom. The molecule has 10 heteroatoms. The Bertz CT molecular complexity index is 932. The predicted octanol–water partition coefficient (Wildman–Crippen LogP) is 3.76. The number of phenols is 1. The van der Waals surface area contributed by atoms with Gasteiger partial charge in [-0.05, 0) is 36.2 Å². The largest absolute Gasteiger partial charge is 0.505 e. The second-order valence-corrected chi connectivity index (χ2v) is 8.71. The van der Waals surface area contributed by atoms with Crippen LogP contribution in [-0.4, -0.2) is 44.0 Å². The Morgan fingerprint density at radius 3 is 2.33 bits per heavy atom. The summed E-state index contributed by atoms with van der Waals surface area (Å²) in [6.07, 6.45) is 0.308. The number of nitrogens with zero attached hydrogens (tertiary/aromatic N) is 1. The number of methoxy groups -OCH3 is 1. The molecule has 27 heavy (non-hydrogen) atoms. The van der Waals surface area contributed by atoms with Crippen LogP contribution in [0.3, 0.4) is 0 Å². The molecule has 0 heterocycles. The van der Waals surface area contributed by atoms with E-state index in [2.05, 4.69) is 4.74 Å². The standard InChI is InChI=1S/C17H16Cl3NO5S/c1-26-16(22)10-21(7-6-11-2-4-12(18)5-3-11)27(24,25)15-9-13(19)8-14(20)17(15)23/h2-5,8-9,23H,6-7,10H2,1H3. The lowest BCUT2D eigenvalue weighted by atomic mass is 10.1. The van der Waals surface area contributed by atoms with E-state index in [1.165, 1.54) is 6.07 Å². The molecule has 0 aromatic heterocycles. The molecule has 0 saturated carbocycles. The Balaban J connectivity index is 2.37. The molecule has 6 nitrogen and oxygen atoms in total. The molecule has 0 aliphatic heterocycles. The summed E-state index contributed by atoms with van der Waals surface area (Å²) < 4.78 is 31.5. The maximum absolute atomic E-state index is 13.0. The highest BCUT2D eigenvalue weighted by Gasteiger charge is 2.30. The zero-order chi connectivity index (χ0) is 20.2. The SMILES string of the molecule is COC(=O)CN(CCc1ccc(Cl)cc1)S(=O)(=O)c1cc(Cl)cc(Cl)c1O. The van der Waals surface area contributed by atoms with Gasteiger partial charge in [0.15, 0.2) is 5.75 Å². The van der Waals surface area contributed by atoms with Crippen LogP contribution >= 0.6 is 34.8 Å². The lowest BCUT2D eigenvalue weighted by Gasteiger charge is -2.22. The molecule has 0 unspecified atom stereocenters. The molecule has 2 aromatic carbocycles. The Kier molecular flexibility index (Phi) is 7.36. The third-order valence-electron chi connectivity index (χ3n) is 3.71. The molecule has 1 N–H and O–H groups in total. The number of halogens is 3. The normalized spacial score (nSPS) is 11.6.